The number of carbonyl (C=O) groups is 1. The Morgan fingerprint density at radius 1 is 0.968 bits per heavy atom. The van der Waals surface area contributed by atoms with Crippen molar-refractivity contribution in [2.24, 2.45) is 0 Å². The van der Waals surface area contributed by atoms with Crippen molar-refractivity contribution in [2.45, 2.75) is 71.4 Å². The molecule has 168 valence electrons. The van der Waals surface area contributed by atoms with Gasteiger partial charge < -0.3 is 10.1 Å². The highest BCUT2D eigenvalue weighted by molar-refractivity contribution is 5.67. The van der Waals surface area contributed by atoms with Gasteiger partial charge in [-0.1, -0.05) is 59.7 Å². The number of hydrogen-bond acceptors (Lipinski definition) is 3. The second-order valence-corrected chi connectivity index (χ2v) is 9.82. The number of nitrogens with zero attached hydrogens (tertiary/aromatic N) is 1. The van der Waals surface area contributed by atoms with Gasteiger partial charge in [0.05, 0.1) is 5.54 Å². The van der Waals surface area contributed by atoms with Crippen molar-refractivity contribution in [3.63, 3.8) is 0 Å². The SMILES string of the molecule is Cc1ccc(C2(c3ccc(C)cc3)CCCCN2CCCNC(=O)OC(C)(C)C)cc1. The Bertz CT molecular complexity index is 805. The Balaban J connectivity index is 1.80. The number of piperidine rings is 1. The van der Waals surface area contributed by atoms with Crippen molar-refractivity contribution in [1.29, 1.82) is 0 Å². The zero-order valence-electron chi connectivity index (χ0n) is 19.8. The van der Waals surface area contributed by atoms with Crippen LogP contribution in [0.25, 0.3) is 0 Å². The van der Waals surface area contributed by atoms with Gasteiger partial charge in [0.1, 0.15) is 5.60 Å². The van der Waals surface area contributed by atoms with Gasteiger partial charge in [0.15, 0.2) is 0 Å². The molecule has 1 amide bonds. The van der Waals surface area contributed by atoms with Gasteiger partial charge in [0, 0.05) is 13.1 Å². The number of alkyl carbamates (subject to hydrolysis) is 1. The lowest BCUT2D eigenvalue weighted by molar-refractivity contribution is 0.0512. The van der Waals surface area contributed by atoms with Crippen LogP contribution in [-0.2, 0) is 10.3 Å². The number of amides is 1. The number of nitrogens with one attached hydrogen (secondary N) is 1. The first kappa shape index (κ1) is 23.3. The van der Waals surface area contributed by atoms with E-state index in [2.05, 4.69) is 72.6 Å². The summed E-state index contributed by atoms with van der Waals surface area (Å²) in [5, 5.41) is 2.91. The summed E-state index contributed by atoms with van der Waals surface area (Å²) in [6.45, 7) is 12.6. The molecule has 0 aromatic heterocycles. The molecule has 4 nitrogen and oxygen atoms in total. The van der Waals surface area contributed by atoms with Gasteiger partial charge in [0.25, 0.3) is 0 Å². The Morgan fingerprint density at radius 2 is 1.52 bits per heavy atom. The Kier molecular flexibility index (Phi) is 7.42. The summed E-state index contributed by atoms with van der Waals surface area (Å²) in [7, 11) is 0. The molecule has 2 aromatic rings. The largest absolute Gasteiger partial charge is 0.444 e. The van der Waals surface area contributed by atoms with Gasteiger partial charge in [0.2, 0.25) is 0 Å². The molecular weight excluding hydrogens is 384 g/mol. The fourth-order valence-electron chi connectivity index (χ4n) is 4.59. The third kappa shape index (κ3) is 5.88. The molecule has 0 saturated carbocycles. The summed E-state index contributed by atoms with van der Waals surface area (Å²) >= 11 is 0. The first-order valence-corrected chi connectivity index (χ1v) is 11.6. The molecule has 0 unspecified atom stereocenters. The lowest BCUT2D eigenvalue weighted by atomic mass is 9.74. The second kappa shape index (κ2) is 9.86. The summed E-state index contributed by atoms with van der Waals surface area (Å²) in [6.07, 6.45) is 4.08. The maximum atomic E-state index is 12.0. The van der Waals surface area contributed by atoms with Crippen LogP contribution in [-0.4, -0.2) is 36.2 Å². The second-order valence-electron chi connectivity index (χ2n) is 9.82. The van der Waals surface area contributed by atoms with Crippen LogP contribution >= 0.6 is 0 Å². The molecule has 3 rings (SSSR count). The van der Waals surface area contributed by atoms with E-state index in [0.717, 1.165) is 25.9 Å². The fraction of sp³-hybridized carbons (Fsp3) is 0.519. The van der Waals surface area contributed by atoms with Crippen LogP contribution in [0.1, 0.15) is 68.7 Å². The first-order valence-electron chi connectivity index (χ1n) is 11.6. The van der Waals surface area contributed by atoms with E-state index in [-0.39, 0.29) is 11.6 Å². The molecule has 0 aliphatic carbocycles. The smallest absolute Gasteiger partial charge is 0.407 e. The van der Waals surface area contributed by atoms with E-state index in [1.54, 1.807) is 0 Å². The van der Waals surface area contributed by atoms with E-state index < -0.39 is 5.60 Å². The van der Waals surface area contributed by atoms with E-state index in [1.165, 1.54) is 35.1 Å². The molecule has 1 N–H and O–H groups in total. The molecule has 0 bridgehead atoms. The van der Waals surface area contributed by atoms with Gasteiger partial charge in [-0.25, -0.2) is 4.79 Å². The third-order valence-electron chi connectivity index (χ3n) is 6.09. The van der Waals surface area contributed by atoms with Crippen LogP contribution < -0.4 is 5.32 Å². The van der Waals surface area contributed by atoms with Crippen LogP contribution in [0.4, 0.5) is 4.79 Å². The summed E-state index contributed by atoms with van der Waals surface area (Å²) in [4.78, 5) is 14.6. The highest BCUT2D eigenvalue weighted by atomic mass is 16.6. The Labute approximate surface area is 188 Å². The van der Waals surface area contributed by atoms with E-state index >= 15 is 0 Å². The first-order chi connectivity index (χ1) is 14.7. The Morgan fingerprint density at radius 3 is 2.03 bits per heavy atom. The number of benzene rings is 2. The minimum absolute atomic E-state index is 0.119. The minimum Gasteiger partial charge on any atom is -0.444 e. The molecule has 4 heteroatoms. The average Bonchev–Trinajstić information content (AvgIpc) is 2.71. The average molecular weight is 423 g/mol. The maximum absolute atomic E-state index is 12.0. The predicted molar refractivity (Wildman–Crippen MR) is 127 cm³/mol. The molecular formula is C27H38N2O2. The lowest BCUT2D eigenvalue weighted by Gasteiger charge is -2.48. The molecule has 0 radical (unpaired) electrons. The fourth-order valence-corrected chi connectivity index (χ4v) is 4.59. The van der Waals surface area contributed by atoms with Crippen molar-refractivity contribution in [1.82, 2.24) is 10.2 Å². The van der Waals surface area contributed by atoms with Gasteiger partial charge in [-0.05, 0) is 78.0 Å². The van der Waals surface area contributed by atoms with Gasteiger partial charge in [-0.2, -0.15) is 0 Å². The van der Waals surface area contributed by atoms with Gasteiger partial charge >= 0.3 is 6.09 Å². The number of rotatable bonds is 6. The van der Waals surface area contributed by atoms with E-state index in [4.69, 9.17) is 4.74 Å². The standard InChI is InChI=1S/C27H38N2O2/c1-21-9-13-23(14-10-21)27(24-15-11-22(2)12-16-24)17-6-7-19-29(27)20-8-18-28-25(30)31-26(3,4)5/h9-16H,6-8,17-20H2,1-5H3,(H,28,30). The molecule has 31 heavy (non-hydrogen) atoms. The van der Waals surface area contributed by atoms with Gasteiger partial charge in [-0.15, -0.1) is 0 Å². The molecule has 0 spiro atoms. The monoisotopic (exact) mass is 422 g/mol. The molecule has 0 atom stereocenters. The number of likely N-dealkylation sites (tertiary alicyclic amines) is 1. The van der Waals surface area contributed by atoms with Crippen LogP contribution in [0.2, 0.25) is 0 Å². The molecule has 2 aromatic carbocycles. The van der Waals surface area contributed by atoms with Crippen LogP contribution in [0.15, 0.2) is 48.5 Å². The van der Waals surface area contributed by atoms with Crippen LogP contribution in [0.3, 0.4) is 0 Å². The van der Waals surface area contributed by atoms with Crippen LogP contribution in [0.5, 0.6) is 0 Å². The van der Waals surface area contributed by atoms with E-state index in [9.17, 15) is 4.79 Å². The Hall–Kier alpha value is -2.33. The van der Waals surface area contributed by atoms with Crippen LogP contribution in [0, 0.1) is 13.8 Å². The van der Waals surface area contributed by atoms with E-state index in [1.807, 2.05) is 20.8 Å². The van der Waals surface area contributed by atoms with Crippen molar-refractivity contribution >= 4 is 6.09 Å². The number of hydrogen-bond donors (Lipinski definition) is 1. The molecule has 1 fully saturated rings. The molecule has 1 aliphatic heterocycles. The summed E-state index contributed by atoms with van der Waals surface area (Å²) < 4.78 is 5.37. The predicted octanol–water partition coefficient (Wildman–Crippen LogP) is 5.95. The molecule has 1 saturated heterocycles. The zero-order chi connectivity index (χ0) is 22.5. The van der Waals surface area contributed by atoms with Crippen molar-refractivity contribution in [3.05, 3.63) is 70.8 Å². The lowest BCUT2D eigenvalue weighted by Crippen LogP contribution is -2.51. The quantitative estimate of drug-likeness (QED) is 0.585. The number of aryl methyl sites for hydroxylation is 2. The summed E-state index contributed by atoms with van der Waals surface area (Å²) in [6, 6.07) is 18.1. The highest BCUT2D eigenvalue weighted by Gasteiger charge is 2.41. The number of carbonyl (C=O) groups excluding carboxylic acids is 1. The molecule has 1 heterocycles. The summed E-state index contributed by atoms with van der Waals surface area (Å²) in [5.74, 6) is 0. The normalized spacial score (nSPS) is 16.7. The topological polar surface area (TPSA) is 41.6 Å². The van der Waals surface area contributed by atoms with Crippen molar-refractivity contribution in [3.8, 4) is 0 Å². The highest BCUT2D eigenvalue weighted by Crippen LogP contribution is 2.43. The maximum Gasteiger partial charge on any atom is 0.407 e. The zero-order valence-corrected chi connectivity index (χ0v) is 19.8. The van der Waals surface area contributed by atoms with Crippen molar-refractivity contribution in [2.75, 3.05) is 19.6 Å². The van der Waals surface area contributed by atoms with Crippen molar-refractivity contribution < 1.29 is 9.53 Å². The minimum atomic E-state index is -0.469. The van der Waals surface area contributed by atoms with E-state index in [0.29, 0.717) is 6.54 Å². The van der Waals surface area contributed by atoms with Gasteiger partial charge in [-0.3, -0.25) is 4.90 Å². The summed E-state index contributed by atoms with van der Waals surface area (Å²) in [5.41, 5.74) is 4.70. The third-order valence-corrected chi connectivity index (χ3v) is 6.09. The number of ether oxygens (including phenoxy) is 1. The molecule has 1 aliphatic rings.